The van der Waals surface area contributed by atoms with Crippen molar-refractivity contribution in [3.63, 3.8) is 0 Å². The van der Waals surface area contributed by atoms with E-state index in [4.69, 9.17) is 0 Å². The number of hydrogen-bond acceptors (Lipinski definition) is 2. The first-order valence-electron chi connectivity index (χ1n) is 9.02. The van der Waals surface area contributed by atoms with E-state index in [1.807, 2.05) is 53.4 Å². The molecule has 0 unspecified atom stereocenters. The zero-order valence-electron chi connectivity index (χ0n) is 15.1. The number of piperidine rings is 1. The Morgan fingerprint density at radius 2 is 1.88 bits per heavy atom. The summed E-state index contributed by atoms with van der Waals surface area (Å²) in [7, 11) is 0. The third-order valence-electron chi connectivity index (χ3n) is 4.69. The van der Waals surface area contributed by atoms with Gasteiger partial charge in [0.1, 0.15) is 0 Å². The molecule has 3 rings (SSSR count). The van der Waals surface area contributed by atoms with Gasteiger partial charge in [-0.15, -0.1) is 0 Å². The molecule has 0 radical (unpaired) electrons. The maximum absolute atomic E-state index is 12.6. The maximum Gasteiger partial charge on any atom is 0.251 e. The number of hydrogen-bond donors (Lipinski definition) is 1. The molecule has 1 saturated heterocycles. The molecule has 0 saturated carbocycles. The first-order valence-corrected chi connectivity index (χ1v) is 9.02. The highest BCUT2D eigenvalue weighted by Crippen LogP contribution is 2.14. The van der Waals surface area contributed by atoms with Crippen molar-refractivity contribution in [3.8, 4) is 5.69 Å². The van der Waals surface area contributed by atoms with E-state index in [-0.39, 0.29) is 11.9 Å². The van der Waals surface area contributed by atoms with Crippen molar-refractivity contribution in [1.29, 1.82) is 0 Å². The predicted octanol–water partition coefficient (Wildman–Crippen LogP) is 3.64. The van der Waals surface area contributed by atoms with Gasteiger partial charge in [-0.1, -0.05) is 17.7 Å². The first kappa shape index (κ1) is 17.5. The summed E-state index contributed by atoms with van der Waals surface area (Å²) in [5.74, 6) is 0.0248. The molecule has 1 aromatic carbocycles. The molecule has 2 heterocycles. The fourth-order valence-corrected chi connectivity index (χ4v) is 3.15. The smallest absolute Gasteiger partial charge is 0.251 e. The predicted molar refractivity (Wildman–Crippen MR) is 102 cm³/mol. The van der Waals surface area contributed by atoms with Crippen LogP contribution in [0.1, 0.15) is 37.0 Å². The van der Waals surface area contributed by atoms with Gasteiger partial charge in [-0.05, 0) is 57.0 Å². The summed E-state index contributed by atoms with van der Waals surface area (Å²) in [6, 6.07) is 12.0. The summed E-state index contributed by atoms with van der Waals surface area (Å²) in [6.45, 7) is 7.36. The van der Waals surface area contributed by atoms with E-state index < -0.39 is 0 Å². The van der Waals surface area contributed by atoms with E-state index in [0.29, 0.717) is 0 Å². The highest BCUT2D eigenvalue weighted by atomic mass is 16.1. The van der Waals surface area contributed by atoms with Gasteiger partial charge in [-0.3, -0.25) is 9.69 Å². The number of rotatable bonds is 5. The summed E-state index contributed by atoms with van der Waals surface area (Å²) in [5, 5.41) is 3.20. The van der Waals surface area contributed by atoms with Crippen molar-refractivity contribution in [1.82, 2.24) is 14.8 Å². The molecule has 0 aliphatic carbocycles. The standard InChI is InChI=1S/C21H27N3O/c1-17(2)8-13-23-14-9-19(10-15-23)22-21(25)18-6-5-7-20(16-18)24-11-3-4-12-24/h3-8,11-12,16,19H,9-10,13-15H2,1-2H3,(H,22,25). The lowest BCUT2D eigenvalue weighted by atomic mass is 10.0. The van der Waals surface area contributed by atoms with E-state index in [0.717, 1.165) is 43.7 Å². The number of carbonyl (C=O) groups excluding carboxylic acids is 1. The van der Waals surface area contributed by atoms with Gasteiger partial charge in [-0.25, -0.2) is 0 Å². The molecular formula is C21H27N3O. The van der Waals surface area contributed by atoms with Crippen molar-refractivity contribution in [2.45, 2.75) is 32.7 Å². The number of benzene rings is 1. The van der Waals surface area contributed by atoms with Crippen molar-refractivity contribution in [2.24, 2.45) is 0 Å². The van der Waals surface area contributed by atoms with Crippen molar-refractivity contribution in [3.05, 3.63) is 66.0 Å². The molecule has 1 aromatic heterocycles. The van der Waals surface area contributed by atoms with Gasteiger partial charge in [0.25, 0.3) is 5.91 Å². The molecular weight excluding hydrogens is 310 g/mol. The van der Waals surface area contributed by atoms with Crippen molar-refractivity contribution in [2.75, 3.05) is 19.6 Å². The summed E-state index contributed by atoms with van der Waals surface area (Å²) in [6.07, 6.45) is 8.27. The minimum absolute atomic E-state index is 0.0248. The van der Waals surface area contributed by atoms with E-state index in [2.05, 4.69) is 30.1 Å². The Morgan fingerprint density at radius 3 is 2.56 bits per heavy atom. The molecule has 2 aromatic rings. The molecule has 1 N–H and O–H groups in total. The highest BCUT2D eigenvalue weighted by Gasteiger charge is 2.20. The summed E-state index contributed by atoms with van der Waals surface area (Å²) in [4.78, 5) is 15.0. The van der Waals surface area contributed by atoms with E-state index in [9.17, 15) is 4.79 Å². The number of nitrogens with zero attached hydrogens (tertiary/aromatic N) is 2. The van der Waals surface area contributed by atoms with Crippen LogP contribution in [0.25, 0.3) is 5.69 Å². The SMILES string of the molecule is CC(C)=CCN1CCC(NC(=O)c2cccc(-n3cccc3)c2)CC1. The van der Waals surface area contributed by atoms with Gasteiger partial charge in [0.2, 0.25) is 0 Å². The summed E-state index contributed by atoms with van der Waals surface area (Å²) in [5.41, 5.74) is 3.09. The Morgan fingerprint density at radius 1 is 1.16 bits per heavy atom. The van der Waals surface area contributed by atoms with Crippen molar-refractivity contribution < 1.29 is 4.79 Å². The molecule has 0 spiro atoms. The zero-order valence-corrected chi connectivity index (χ0v) is 15.1. The van der Waals surface area contributed by atoms with Crippen LogP contribution in [0.15, 0.2) is 60.4 Å². The Hall–Kier alpha value is -2.33. The van der Waals surface area contributed by atoms with Gasteiger partial charge in [0.05, 0.1) is 0 Å². The first-order chi connectivity index (χ1) is 12.1. The number of aromatic nitrogens is 1. The molecule has 1 amide bonds. The summed E-state index contributed by atoms with van der Waals surface area (Å²) < 4.78 is 2.01. The zero-order chi connectivity index (χ0) is 17.6. The lowest BCUT2D eigenvalue weighted by Crippen LogP contribution is -2.44. The van der Waals surface area contributed by atoms with Crippen LogP contribution in [-0.2, 0) is 0 Å². The molecule has 25 heavy (non-hydrogen) atoms. The highest BCUT2D eigenvalue weighted by molar-refractivity contribution is 5.94. The molecule has 4 nitrogen and oxygen atoms in total. The Labute approximate surface area is 150 Å². The lowest BCUT2D eigenvalue weighted by Gasteiger charge is -2.31. The third kappa shape index (κ3) is 4.83. The van der Waals surface area contributed by atoms with Gasteiger partial charge in [0, 0.05) is 49.3 Å². The molecule has 0 bridgehead atoms. The molecule has 0 atom stereocenters. The second kappa shape index (κ2) is 8.17. The second-order valence-electron chi connectivity index (χ2n) is 6.97. The van der Waals surface area contributed by atoms with Gasteiger partial charge < -0.3 is 9.88 Å². The molecule has 1 fully saturated rings. The van der Waals surface area contributed by atoms with E-state index in [1.54, 1.807) is 0 Å². The van der Waals surface area contributed by atoms with Gasteiger partial charge in [0.15, 0.2) is 0 Å². The minimum atomic E-state index is 0.0248. The summed E-state index contributed by atoms with van der Waals surface area (Å²) >= 11 is 0. The largest absolute Gasteiger partial charge is 0.349 e. The van der Waals surface area contributed by atoms with Crippen LogP contribution in [0.4, 0.5) is 0 Å². The van der Waals surface area contributed by atoms with Crippen molar-refractivity contribution >= 4 is 5.91 Å². The number of nitrogens with one attached hydrogen (secondary N) is 1. The second-order valence-corrected chi connectivity index (χ2v) is 6.97. The number of carbonyl (C=O) groups is 1. The molecule has 1 aliphatic rings. The van der Waals surface area contributed by atoms with Crippen LogP contribution in [0.2, 0.25) is 0 Å². The quantitative estimate of drug-likeness (QED) is 0.846. The fourth-order valence-electron chi connectivity index (χ4n) is 3.15. The van der Waals surface area contributed by atoms with Gasteiger partial charge in [-0.2, -0.15) is 0 Å². The van der Waals surface area contributed by atoms with Crippen LogP contribution in [-0.4, -0.2) is 41.1 Å². The number of likely N-dealkylation sites (tertiary alicyclic amines) is 1. The third-order valence-corrected chi connectivity index (χ3v) is 4.69. The van der Waals surface area contributed by atoms with Crippen LogP contribution < -0.4 is 5.32 Å². The molecule has 4 heteroatoms. The minimum Gasteiger partial charge on any atom is -0.349 e. The van der Waals surface area contributed by atoms with Crippen LogP contribution >= 0.6 is 0 Å². The van der Waals surface area contributed by atoms with Crippen LogP contribution in [0.3, 0.4) is 0 Å². The van der Waals surface area contributed by atoms with Crippen LogP contribution in [0, 0.1) is 0 Å². The fraction of sp³-hybridized carbons (Fsp3) is 0.381. The van der Waals surface area contributed by atoms with Crippen LogP contribution in [0.5, 0.6) is 0 Å². The Balaban J connectivity index is 1.55. The topological polar surface area (TPSA) is 37.3 Å². The van der Waals surface area contributed by atoms with Gasteiger partial charge >= 0.3 is 0 Å². The number of allylic oxidation sites excluding steroid dienone is 1. The number of amides is 1. The molecule has 132 valence electrons. The maximum atomic E-state index is 12.6. The lowest BCUT2D eigenvalue weighted by molar-refractivity contribution is 0.0914. The Kier molecular flexibility index (Phi) is 5.71. The average molecular weight is 337 g/mol. The monoisotopic (exact) mass is 337 g/mol. The molecule has 1 aliphatic heterocycles. The van der Waals surface area contributed by atoms with E-state index >= 15 is 0 Å². The normalized spacial score (nSPS) is 15.8. The average Bonchev–Trinajstić information content (AvgIpc) is 3.16. The van der Waals surface area contributed by atoms with E-state index in [1.165, 1.54) is 5.57 Å². The Bertz CT molecular complexity index is 721.